The van der Waals surface area contributed by atoms with Gasteiger partial charge in [0.05, 0.1) is 19.8 Å². The highest BCUT2D eigenvalue weighted by molar-refractivity contribution is 5.78. The van der Waals surface area contributed by atoms with Crippen LogP contribution in [0.1, 0.15) is 12.8 Å². The van der Waals surface area contributed by atoms with Gasteiger partial charge < -0.3 is 14.7 Å². The number of aliphatic hydroxyl groups excluding tert-OH is 1. The zero-order valence-electron chi connectivity index (χ0n) is 10.3. The summed E-state index contributed by atoms with van der Waals surface area (Å²) in [6, 6.07) is 0. The number of hydrogen-bond acceptors (Lipinski definition) is 4. The van der Waals surface area contributed by atoms with Crippen LogP contribution in [0, 0.1) is 5.92 Å². The average Bonchev–Trinajstić information content (AvgIpc) is 2.40. The van der Waals surface area contributed by atoms with Crippen molar-refractivity contribution in [1.82, 2.24) is 9.80 Å². The molecule has 0 spiro atoms. The Hall–Kier alpha value is -0.650. The maximum atomic E-state index is 12.0. The van der Waals surface area contributed by atoms with Crippen LogP contribution in [0.2, 0.25) is 0 Å². The molecule has 17 heavy (non-hydrogen) atoms. The third kappa shape index (κ3) is 3.66. The number of nitrogens with zero attached hydrogens (tertiary/aromatic N) is 2. The van der Waals surface area contributed by atoms with Crippen LogP contribution in [0.25, 0.3) is 0 Å². The molecule has 0 aromatic rings. The minimum atomic E-state index is 0.201. The molecule has 1 atom stereocenters. The van der Waals surface area contributed by atoms with Crippen molar-refractivity contribution >= 4 is 5.91 Å². The van der Waals surface area contributed by atoms with Gasteiger partial charge in [0.1, 0.15) is 0 Å². The maximum Gasteiger partial charge on any atom is 0.236 e. The van der Waals surface area contributed by atoms with E-state index in [1.54, 1.807) is 0 Å². The zero-order chi connectivity index (χ0) is 12.1. The van der Waals surface area contributed by atoms with Gasteiger partial charge in [-0.25, -0.2) is 0 Å². The maximum absolute atomic E-state index is 12.0. The monoisotopic (exact) mass is 242 g/mol. The molecule has 0 aromatic heterocycles. The molecule has 2 heterocycles. The Bertz CT molecular complexity index is 254. The molecule has 98 valence electrons. The molecule has 0 unspecified atom stereocenters. The second kappa shape index (κ2) is 6.33. The second-order valence-electron chi connectivity index (χ2n) is 4.92. The van der Waals surface area contributed by atoms with E-state index < -0.39 is 0 Å². The van der Waals surface area contributed by atoms with Gasteiger partial charge in [-0.3, -0.25) is 9.69 Å². The molecule has 0 saturated carbocycles. The third-order valence-electron chi connectivity index (χ3n) is 3.58. The Morgan fingerprint density at radius 3 is 2.76 bits per heavy atom. The summed E-state index contributed by atoms with van der Waals surface area (Å²) < 4.78 is 5.23. The van der Waals surface area contributed by atoms with E-state index in [0.717, 1.165) is 39.0 Å². The Morgan fingerprint density at radius 2 is 2.06 bits per heavy atom. The highest BCUT2D eigenvalue weighted by atomic mass is 16.5. The molecular weight excluding hydrogens is 220 g/mol. The molecule has 2 aliphatic rings. The van der Waals surface area contributed by atoms with E-state index in [-0.39, 0.29) is 12.5 Å². The molecule has 2 fully saturated rings. The molecule has 0 radical (unpaired) electrons. The predicted molar refractivity (Wildman–Crippen MR) is 63.6 cm³/mol. The summed E-state index contributed by atoms with van der Waals surface area (Å²) in [6.45, 7) is 5.32. The van der Waals surface area contributed by atoms with Gasteiger partial charge in [0, 0.05) is 26.2 Å². The van der Waals surface area contributed by atoms with Crippen molar-refractivity contribution in [2.75, 3.05) is 52.5 Å². The Labute approximate surface area is 102 Å². The number of carbonyl (C=O) groups excluding carboxylic acids is 1. The van der Waals surface area contributed by atoms with E-state index in [1.165, 1.54) is 0 Å². The molecule has 2 rings (SSSR count). The lowest BCUT2D eigenvalue weighted by Crippen LogP contribution is -2.48. The Balaban J connectivity index is 1.77. The molecule has 0 bridgehead atoms. The van der Waals surface area contributed by atoms with Crippen LogP contribution >= 0.6 is 0 Å². The fourth-order valence-electron chi connectivity index (χ4n) is 2.55. The standard InChI is InChI=1S/C12H22N2O3/c15-10-11-2-1-3-13(8-11)9-12(16)14-4-6-17-7-5-14/h11,15H,1-10H2/t11-/m0/s1. The number of carbonyl (C=O) groups is 1. The van der Waals surface area contributed by atoms with Crippen molar-refractivity contribution in [2.24, 2.45) is 5.92 Å². The third-order valence-corrected chi connectivity index (χ3v) is 3.58. The van der Waals surface area contributed by atoms with Gasteiger partial charge >= 0.3 is 0 Å². The van der Waals surface area contributed by atoms with Crippen LogP contribution in [0.4, 0.5) is 0 Å². The quantitative estimate of drug-likeness (QED) is 0.728. The minimum absolute atomic E-state index is 0.201. The summed E-state index contributed by atoms with van der Waals surface area (Å²) in [4.78, 5) is 16.1. The molecule has 1 N–H and O–H groups in total. The Kier molecular flexibility index (Phi) is 4.76. The van der Waals surface area contributed by atoms with E-state index in [4.69, 9.17) is 9.84 Å². The topological polar surface area (TPSA) is 53.0 Å². The van der Waals surface area contributed by atoms with Gasteiger partial charge in [-0.05, 0) is 25.3 Å². The van der Waals surface area contributed by atoms with Gasteiger partial charge in [0.15, 0.2) is 0 Å². The van der Waals surface area contributed by atoms with Gasteiger partial charge in [-0.1, -0.05) is 0 Å². The largest absolute Gasteiger partial charge is 0.396 e. The van der Waals surface area contributed by atoms with Gasteiger partial charge in [-0.15, -0.1) is 0 Å². The van der Waals surface area contributed by atoms with Crippen molar-refractivity contribution in [3.63, 3.8) is 0 Å². The van der Waals surface area contributed by atoms with E-state index in [1.807, 2.05) is 4.90 Å². The first-order valence-corrected chi connectivity index (χ1v) is 6.48. The number of hydrogen-bond donors (Lipinski definition) is 1. The van der Waals surface area contributed by atoms with Crippen molar-refractivity contribution in [3.05, 3.63) is 0 Å². The van der Waals surface area contributed by atoms with Crippen molar-refractivity contribution < 1.29 is 14.6 Å². The van der Waals surface area contributed by atoms with Crippen LogP contribution in [0.15, 0.2) is 0 Å². The fourth-order valence-corrected chi connectivity index (χ4v) is 2.55. The molecule has 5 nitrogen and oxygen atoms in total. The minimum Gasteiger partial charge on any atom is -0.396 e. The van der Waals surface area contributed by atoms with E-state index in [0.29, 0.717) is 25.7 Å². The zero-order valence-corrected chi connectivity index (χ0v) is 10.3. The van der Waals surface area contributed by atoms with Crippen molar-refractivity contribution in [3.8, 4) is 0 Å². The first-order valence-electron chi connectivity index (χ1n) is 6.48. The number of aliphatic hydroxyl groups is 1. The van der Waals surface area contributed by atoms with E-state index >= 15 is 0 Å². The summed E-state index contributed by atoms with van der Waals surface area (Å²) in [7, 11) is 0. The second-order valence-corrected chi connectivity index (χ2v) is 4.92. The van der Waals surface area contributed by atoms with Crippen molar-refractivity contribution in [2.45, 2.75) is 12.8 Å². The van der Waals surface area contributed by atoms with Crippen LogP contribution in [0.3, 0.4) is 0 Å². The summed E-state index contributed by atoms with van der Waals surface area (Å²) in [6.07, 6.45) is 2.17. The number of likely N-dealkylation sites (tertiary alicyclic amines) is 1. The number of rotatable bonds is 3. The number of ether oxygens (including phenoxy) is 1. The normalized spacial score (nSPS) is 27.1. The van der Waals surface area contributed by atoms with Crippen LogP contribution < -0.4 is 0 Å². The first-order chi connectivity index (χ1) is 8.29. The average molecular weight is 242 g/mol. The fraction of sp³-hybridized carbons (Fsp3) is 0.917. The molecule has 2 saturated heterocycles. The van der Waals surface area contributed by atoms with Crippen LogP contribution in [0.5, 0.6) is 0 Å². The summed E-state index contributed by atoms with van der Waals surface area (Å²) in [5, 5.41) is 9.15. The highest BCUT2D eigenvalue weighted by Crippen LogP contribution is 2.15. The molecule has 0 aliphatic carbocycles. The molecule has 1 amide bonds. The Morgan fingerprint density at radius 1 is 1.29 bits per heavy atom. The van der Waals surface area contributed by atoms with E-state index in [9.17, 15) is 4.79 Å². The molecular formula is C12H22N2O3. The summed E-state index contributed by atoms with van der Waals surface area (Å²) in [5.74, 6) is 0.549. The summed E-state index contributed by atoms with van der Waals surface area (Å²) in [5.41, 5.74) is 0. The molecule has 2 aliphatic heterocycles. The molecule has 0 aromatic carbocycles. The SMILES string of the molecule is O=C(CN1CCC[C@H](CO)C1)N1CCOCC1. The lowest BCUT2D eigenvalue weighted by Gasteiger charge is -2.34. The predicted octanol–water partition coefficient (Wildman–Crippen LogP) is -0.450. The van der Waals surface area contributed by atoms with Crippen LogP contribution in [-0.4, -0.2) is 73.4 Å². The first kappa shape index (κ1) is 12.8. The van der Waals surface area contributed by atoms with E-state index in [2.05, 4.69) is 4.90 Å². The number of amides is 1. The highest BCUT2D eigenvalue weighted by Gasteiger charge is 2.24. The van der Waals surface area contributed by atoms with Crippen molar-refractivity contribution in [1.29, 1.82) is 0 Å². The van der Waals surface area contributed by atoms with Gasteiger partial charge in [0.25, 0.3) is 0 Å². The summed E-state index contributed by atoms with van der Waals surface area (Å²) >= 11 is 0. The number of morpholine rings is 1. The lowest BCUT2D eigenvalue weighted by atomic mass is 9.99. The number of piperidine rings is 1. The van der Waals surface area contributed by atoms with Gasteiger partial charge in [-0.2, -0.15) is 0 Å². The van der Waals surface area contributed by atoms with Gasteiger partial charge in [0.2, 0.25) is 5.91 Å². The lowest BCUT2D eigenvalue weighted by molar-refractivity contribution is -0.137. The molecule has 5 heteroatoms. The smallest absolute Gasteiger partial charge is 0.236 e. The van der Waals surface area contributed by atoms with Crippen LogP contribution in [-0.2, 0) is 9.53 Å².